The van der Waals surface area contributed by atoms with Crippen molar-refractivity contribution in [3.05, 3.63) is 248 Å². The van der Waals surface area contributed by atoms with Crippen LogP contribution in [0, 0.1) is 0 Å². The highest BCUT2D eigenvalue weighted by Gasteiger charge is 2.47. The van der Waals surface area contributed by atoms with Crippen molar-refractivity contribution in [2.75, 3.05) is 26.4 Å². The van der Waals surface area contributed by atoms with Crippen LogP contribution in [0.3, 0.4) is 0 Å². The van der Waals surface area contributed by atoms with Crippen molar-refractivity contribution in [1.29, 1.82) is 0 Å². The summed E-state index contributed by atoms with van der Waals surface area (Å²) in [5.74, 6) is 2.41. The highest BCUT2D eigenvalue weighted by molar-refractivity contribution is 7.64. The molecule has 13 heteroatoms. The average molecular weight is 1570 g/mol. The summed E-state index contributed by atoms with van der Waals surface area (Å²) in [6, 6.07) is 61.3. The van der Waals surface area contributed by atoms with Gasteiger partial charge in [0.05, 0.1) is 25.6 Å². The quantitative estimate of drug-likeness (QED) is 0.0710. The Morgan fingerprint density at radius 3 is 0.896 bits per heavy atom. The molecule has 1 spiro atoms. The highest BCUT2D eigenvalue weighted by Crippen LogP contribution is 2.71. The lowest BCUT2D eigenvalue weighted by atomic mass is 9.82. The van der Waals surface area contributed by atoms with Gasteiger partial charge in [-0.15, -0.1) is 0 Å². The van der Waals surface area contributed by atoms with Crippen molar-refractivity contribution >= 4 is 58.6 Å². The van der Waals surface area contributed by atoms with Crippen LogP contribution in [0.1, 0.15) is 195 Å². The number of hydrogen-bond acceptors (Lipinski definition) is 9. The Labute approximate surface area is 681 Å². The number of aliphatic hydroxyl groups excluding tert-OH is 1. The third kappa shape index (κ3) is 15.6. The van der Waals surface area contributed by atoms with Crippen molar-refractivity contribution in [2.24, 2.45) is 4.52 Å². The standard InChI is InChI=1S/C88H89NO6P2.2C7H12O2/c1-13-53-41-57(17-5)77(58(18-6)42-53)73-49-65-33-25-29-37-69(65)81-82-70-38-30-26-34-66(70)50-74(78-59(19-7)43-54(14-2)44-60(78)20-8)86(82)93-96(90,92-85(73)81)89-97(91)94-87-75(79-61(21-9)45-55(15-3)46-62(79)22-10)51-67-35-27-31-39-71(67)83(87)84-72-40-32-28-36-68(72)52-76(88(84)95-97)80-63(23-11)47-56(16-4)48-64(80)24-12;1-3-7(8-5-1)4-2-6-9-7;8-5-1-3-7-4-2-6-9-7/h25-52,90H,13-24H2,1-12H3;1-6H2;4,8H,1-3,5-6H2. The molecule has 2 fully saturated rings. The number of fused-ring (bicyclic) bond motifs is 14. The molecule has 0 atom stereocenters. The van der Waals surface area contributed by atoms with Gasteiger partial charge in [0.15, 0.2) is 5.79 Å². The molecule has 5 aliphatic rings. The van der Waals surface area contributed by atoms with Crippen molar-refractivity contribution in [3.8, 4) is 89.8 Å². The molecule has 115 heavy (non-hydrogen) atoms. The zero-order valence-corrected chi connectivity index (χ0v) is 71.3. The fourth-order valence-corrected chi connectivity index (χ4v) is 21.9. The van der Waals surface area contributed by atoms with Gasteiger partial charge in [-0.25, -0.2) is 4.57 Å². The van der Waals surface area contributed by atoms with Crippen molar-refractivity contribution in [3.63, 3.8) is 0 Å². The summed E-state index contributed by atoms with van der Waals surface area (Å²) in [6.45, 7) is 29.4. The number of aliphatic hydroxyl groups is 1. The second-order valence-electron chi connectivity index (χ2n) is 31.2. The predicted octanol–water partition coefficient (Wildman–Crippen LogP) is 27.7. The van der Waals surface area contributed by atoms with E-state index in [0.29, 0.717) is 23.0 Å². The van der Waals surface area contributed by atoms with Crippen LogP contribution >= 0.6 is 15.5 Å². The maximum absolute atomic E-state index is 18.2. The highest BCUT2D eigenvalue weighted by atomic mass is 31.2. The first-order chi connectivity index (χ1) is 56.0. The van der Waals surface area contributed by atoms with E-state index in [1.54, 1.807) is 0 Å². The first-order valence-corrected chi connectivity index (χ1v) is 45.9. The molecule has 2 N–H and O–H groups in total. The minimum atomic E-state index is -5.25. The van der Waals surface area contributed by atoms with Gasteiger partial charge >= 0.3 is 15.5 Å². The molecule has 0 unspecified atom stereocenters. The normalized spacial score (nSPS) is 15.3. The molecule has 5 heterocycles. The smallest absolute Gasteiger partial charge is 0.498 e. The molecule has 2 saturated heterocycles. The summed E-state index contributed by atoms with van der Waals surface area (Å²) in [5, 5.41) is 16.0. The van der Waals surface area contributed by atoms with Crippen LogP contribution in [0.4, 0.5) is 0 Å². The Morgan fingerprint density at radius 1 is 0.365 bits per heavy atom. The van der Waals surface area contributed by atoms with E-state index in [4.69, 9.17) is 41.9 Å². The van der Waals surface area contributed by atoms with Gasteiger partial charge in [-0.1, -0.05) is 233 Å². The van der Waals surface area contributed by atoms with Crippen LogP contribution in [0.2, 0.25) is 0 Å². The summed E-state index contributed by atoms with van der Waals surface area (Å²) in [7, 11) is -10.3. The Hall–Kier alpha value is -9.28. The fraction of sp³-hybridized carbons (Fsp3) is 0.353. The van der Waals surface area contributed by atoms with Gasteiger partial charge in [-0.05, 0) is 259 Å². The maximum atomic E-state index is 18.2. The Morgan fingerprint density at radius 2 is 0.652 bits per heavy atom. The molecule has 0 radical (unpaired) electrons. The Kier molecular flexibility index (Phi) is 24.5. The molecule has 0 aliphatic carbocycles. The van der Waals surface area contributed by atoms with E-state index < -0.39 is 15.5 Å². The van der Waals surface area contributed by atoms with E-state index in [1.807, 2.05) is 0 Å². The lowest BCUT2D eigenvalue weighted by Gasteiger charge is -2.25. The summed E-state index contributed by atoms with van der Waals surface area (Å²) in [6.07, 6.45) is 18.8. The zero-order valence-electron chi connectivity index (χ0n) is 69.5. The topological polar surface area (TPSA) is 135 Å². The maximum Gasteiger partial charge on any atom is 0.569 e. The second-order valence-corrected chi connectivity index (χ2v) is 34.5. The largest absolute Gasteiger partial charge is 0.569 e. The molecular formula is C102H113NO10P2. The van der Waals surface area contributed by atoms with Crippen LogP contribution in [0.25, 0.3) is 110 Å². The van der Waals surface area contributed by atoms with E-state index in [-0.39, 0.29) is 12.4 Å². The van der Waals surface area contributed by atoms with Gasteiger partial charge in [-0.2, -0.15) is 0 Å². The Balaban J connectivity index is 0.000000507. The number of aryl methyl sites for hydroxylation is 12. The van der Waals surface area contributed by atoms with Gasteiger partial charge in [0, 0.05) is 76.8 Å². The molecule has 17 rings (SSSR count). The molecule has 5 aliphatic heterocycles. The van der Waals surface area contributed by atoms with Gasteiger partial charge < -0.3 is 37.4 Å². The Bertz CT molecular complexity index is 5400. The average Bonchev–Trinajstić information content (AvgIpc) is 1.62. The number of nitrogens with zero attached hydrogens (tertiary/aromatic N) is 1. The van der Waals surface area contributed by atoms with E-state index in [0.717, 1.165) is 289 Å². The first kappa shape index (κ1) is 80.9. The molecule has 596 valence electrons. The molecule has 0 amide bonds. The summed E-state index contributed by atoms with van der Waals surface area (Å²) in [4.78, 5) is 14.9. The third-order valence-electron chi connectivity index (χ3n) is 24.3. The van der Waals surface area contributed by atoms with Crippen LogP contribution in [0.5, 0.6) is 23.0 Å². The van der Waals surface area contributed by atoms with Crippen LogP contribution in [0.15, 0.2) is 186 Å². The van der Waals surface area contributed by atoms with Crippen LogP contribution < -0.4 is 18.1 Å². The number of rotatable bonds is 20. The lowest BCUT2D eigenvalue weighted by Crippen LogP contribution is -2.25. The summed E-state index contributed by atoms with van der Waals surface area (Å²) < 4.78 is 70.7. The minimum Gasteiger partial charge on any atom is -0.498 e. The SMILES string of the molecule is C1COC2(C1)CCCO2.CCc1cc(CC)c(-c2cc3ccccc3c3c2OP(=O)(N=P2(O)Oc4c(-c5c(CC)cc(CC)cc5CC)cc5ccccc5c4-c4c(c(-c5c(CC)cc(CC)cc5CC)cc5ccccc45)O2)Oc2c(-c4c(CC)cc(CC)cc4CC)cc4ccccc4c2-3)c(CC)c1.OCCCC1=CCCO1. The molecule has 12 aromatic rings. The predicted molar refractivity (Wildman–Crippen MR) is 478 cm³/mol. The van der Waals surface area contributed by atoms with E-state index in [9.17, 15) is 4.89 Å². The zero-order chi connectivity index (χ0) is 80.3. The van der Waals surface area contributed by atoms with Gasteiger partial charge in [0.1, 0.15) is 23.0 Å². The monoisotopic (exact) mass is 1570 g/mol. The fourth-order valence-electron chi connectivity index (χ4n) is 18.5. The number of ether oxygens (including phenoxy) is 3. The molecule has 11 nitrogen and oxygen atoms in total. The molecule has 12 aromatic carbocycles. The van der Waals surface area contributed by atoms with Crippen molar-refractivity contribution in [2.45, 2.75) is 211 Å². The third-order valence-corrected chi connectivity index (χ3v) is 27.7. The second kappa shape index (κ2) is 34.9. The van der Waals surface area contributed by atoms with Crippen molar-refractivity contribution < 1.29 is 46.9 Å². The van der Waals surface area contributed by atoms with Crippen molar-refractivity contribution in [1.82, 2.24) is 0 Å². The lowest BCUT2D eigenvalue weighted by molar-refractivity contribution is -0.178. The molecule has 0 bridgehead atoms. The van der Waals surface area contributed by atoms with Gasteiger partial charge in [-0.3, -0.25) is 4.89 Å². The first-order valence-electron chi connectivity index (χ1n) is 42.8. The van der Waals surface area contributed by atoms with E-state index >= 15 is 4.57 Å². The molecule has 0 aromatic heterocycles. The number of benzene rings is 12. The van der Waals surface area contributed by atoms with E-state index in [1.165, 1.54) is 35.1 Å². The van der Waals surface area contributed by atoms with Crippen LogP contribution in [-0.4, -0.2) is 42.2 Å². The summed E-state index contributed by atoms with van der Waals surface area (Å²) >= 11 is 0. The molecule has 0 saturated carbocycles. The van der Waals surface area contributed by atoms with Crippen LogP contribution in [-0.2, 0) is 95.8 Å². The van der Waals surface area contributed by atoms with E-state index in [2.05, 4.69) is 259 Å². The van der Waals surface area contributed by atoms with Gasteiger partial charge in [0.2, 0.25) is 0 Å². The summed E-state index contributed by atoms with van der Waals surface area (Å²) in [5.41, 5.74) is 24.3. The molecular weight excluding hydrogens is 1460 g/mol. The number of allylic oxidation sites excluding steroid dienone is 1. The number of hydrogen-bond donors (Lipinski definition) is 2. The minimum absolute atomic E-state index is 0.111. The van der Waals surface area contributed by atoms with Gasteiger partial charge in [0.25, 0.3) is 0 Å².